The van der Waals surface area contributed by atoms with E-state index in [2.05, 4.69) is 11.7 Å². The fourth-order valence-corrected chi connectivity index (χ4v) is 4.42. The van der Waals surface area contributed by atoms with E-state index in [9.17, 15) is 22.0 Å². The van der Waals surface area contributed by atoms with Gasteiger partial charge in [0.25, 0.3) is 0 Å². The van der Waals surface area contributed by atoms with Crippen molar-refractivity contribution in [3.05, 3.63) is 95.3 Å². The normalized spacial score (nSPS) is 11.7. The van der Waals surface area contributed by atoms with Gasteiger partial charge in [-0.2, -0.15) is 0 Å². The van der Waals surface area contributed by atoms with E-state index >= 15 is 4.39 Å². The topological polar surface area (TPSA) is 18.5 Å². The molecule has 0 fully saturated rings. The lowest BCUT2D eigenvalue weighted by molar-refractivity contribution is -0.275. The Labute approximate surface area is 223 Å². The summed E-state index contributed by atoms with van der Waals surface area (Å²) in [7, 11) is 0. The average molecular weight is 547 g/mol. The van der Waals surface area contributed by atoms with E-state index in [-0.39, 0.29) is 12.8 Å². The van der Waals surface area contributed by atoms with Gasteiger partial charge in [-0.25, -0.2) is 13.2 Å². The molecule has 206 valence electrons. The van der Waals surface area contributed by atoms with Gasteiger partial charge in [0.05, 0.1) is 6.61 Å². The van der Waals surface area contributed by atoms with Crippen LogP contribution in [0.1, 0.15) is 43.7 Å². The van der Waals surface area contributed by atoms with Crippen LogP contribution in [0, 0.1) is 17.5 Å². The van der Waals surface area contributed by atoms with Crippen LogP contribution in [0.2, 0.25) is 0 Å². The van der Waals surface area contributed by atoms with Gasteiger partial charge in [-0.1, -0.05) is 56.5 Å². The van der Waals surface area contributed by atoms with E-state index in [0.717, 1.165) is 37.8 Å². The summed E-state index contributed by atoms with van der Waals surface area (Å²) >= 11 is 0. The SMILES string of the molecule is CCCCCCOc1ccc(-c2ccc3c(F)c(CCc4ccc(OC(F)(F)F)c(F)c4)ccc3c2)c(F)c1. The molecular formula is C31H28F6O2. The molecule has 0 aliphatic carbocycles. The molecule has 0 N–H and O–H groups in total. The molecule has 0 heterocycles. The molecule has 8 heteroatoms. The van der Waals surface area contributed by atoms with Crippen LogP contribution in [0.25, 0.3) is 21.9 Å². The highest BCUT2D eigenvalue weighted by Crippen LogP contribution is 2.31. The Morgan fingerprint density at radius 2 is 1.56 bits per heavy atom. The molecule has 39 heavy (non-hydrogen) atoms. The number of fused-ring (bicyclic) bond motifs is 1. The molecule has 0 radical (unpaired) electrons. The maximum absolute atomic E-state index is 15.3. The monoisotopic (exact) mass is 546 g/mol. The van der Waals surface area contributed by atoms with Crippen molar-refractivity contribution in [2.45, 2.75) is 51.8 Å². The van der Waals surface area contributed by atoms with Crippen LogP contribution >= 0.6 is 0 Å². The van der Waals surface area contributed by atoms with E-state index in [1.165, 1.54) is 12.1 Å². The molecule has 0 aromatic heterocycles. The summed E-state index contributed by atoms with van der Waals surface area (Å²) in [4.78, 5) is 0. The van der Waals surface area contributed by atoms with Crippen molar-refractivity contribution in [3.8, 4) is 22.6 Å². The third kappa shape index (κ3) is 7.46. The van der Waals surface area contributed by atoms with E-state index in [0.29, 0.717) is 45.4 Å². The molecule has 0 amide bonds. The van der Waals surface area contributed by atoms with Gasteiger partial charge in [-0.3, -0.25) is 0 Å². The van der Waals surface area contributed by atoms with Crippen LogP contribution < -0.4 is 9.47 Å². The van der Waals surface area contributed by atoms with E-state index in [1.807, 2.05) is 0 Å². The summed E-state index contributed by atoms with van der Waals surface area (Å²) < 4.78 is 90.4. The number of alkyl halides is 3. The molecule has 0 atom stereocenters. The molecule has 0 bridgehead atoms. The second kappa shape index (κ2) is 12.5. The van der Waals surface area contributed by atoms with E-state index < -0.39 is 29.6 Å². The fourth-order valence-electron chi connectivity index (χ4n) is 4.42. The molecule has 0 spiro atoms. The Hall–Kier alpha value is -3.68. The lowest BCUT2D eigenvalue weighted by atomic mass is 9.97. The summed E-state index contributed by atoms with van der Waals surface area (Å²) in [5.74, 6) is -2.48. The number of halogens is 6. The predicted molar refractivity (Wildman–Crippen MR) is 139 cm³/mol. The minimum absolute atomic E-state index is 0.205. The Bertz CT molecular complexity index is 1430. The third-order valence-corrected chi connectivity index (χ3v) is 6.46. The van der Waals surface area contributed by atoms with Gasteiger partial charge < -0.3 is 9.47 Å². The Morgan fingerprint density at radius 1 is 0.744 bits per heavy atom. The average Bonchev–Trinajstić information content (AvgIpc) is 2.89. The highest BCUT2D eigenvalue weighted by molar-refractivity contribution is 5.88. The molecule has 4 rings (SSSR count). The van der Waals surface area contributed by atoms with Gasteiger partial charge in [0.15, 0.2) is 11.6 Å². The highest BCUT2D eigenvalue weighted by Gasteiger charge is 2.32. The van der Waals surface area contributed by atoms with Crippen molar-refractivity contribution in [3.63, 3.8) is 0 Å². The van der Waals surface area contributed by atoms with Crippen molar-refractivity contribution >= 4 is 10.8 Å². The summed E-state index contributed by atoms with van der Waals surface area (Å²) in [6.07, 6.45) is -0.331. The summed E-state index contributed by atoms with van der Waals surface area (Å²) in [5.41, 5.74) is 1.75. The number of benzene rings is 4. The van der Waals surface area contributed by atoms with Gasteiger partial charge in [-0.15, -0.1) is 13.2 Å². The maximum Gasteiger partial charge on any atom is 0.573 e. The standard InChI is InChI=1S/C31H28F6O2/c1-2-3-4-5-16-38-24-12-14-25(27(32)19-24)22-11-13-26-23(18-22)10-9-21(30(26)34)8-6-20-7-15-29(28(33)17-20)39-31(35,36)37/h7,9-15,17-19H,2-6,8,16H2,1H3. The maximum atomic E-state index is 15.3. The van der Waals surface area contributed by atoms with Crippen LogP contribution in [0.15, 0.2) is 66.7 Å². The third-order valence-electron chi connectivity index (χ3n) is 6.46. The lowest BCUT2D eigenvalue weighted by Gasteiger charge is -2.12. The summed E-state index contributed by atoms with van der Waals surface area (Å²) in [5, 5.41) is 0.938. The zero-order valence-corrected chi connectivity index (χ0v) is 21.4. The van der Waals surface area contributed by atoms with Crippen molar-refractivity contribution in [1.29, 1.82) is 0 Å². The second-order valence-electron chi connectivity index (χ2n) is 9.34. The molecule has 4 aromatic carbocycles. The van der Waals surface area contributed by atoms with Crippen LogP contribution in [0.3, 0.4) is 0 Å². The first-order chi connectivity index (χ1) is 18.6. The van der Waals surface area contributed by atoms with Crippen molar-refractivity contribution in [2.24, 2.45) is 0 Å². The number of aryl methyl sites for hydroxylation is 2. The molecule has 0 aliphatic rings. The molecule has 4 aromatic rings. The van der Waals surface area contributed by atoms with Crippen LogP contribution in [0.4, 0.5) is 26.3 Å². The van der Waals surface area contributed by atoms with Crippen LogP contribution in [0.5, 0.6) is 11.5 Å². The quantitative estimate of drug-likeness (QED) is 0.138. The summed E-state index contributed by atoms with van der Waals surface area (Å²) in [6, 6.07) is 16.2. The second-order valence-corrected chi connectivity index (χ2v) is 9.34. The summed E-state index contributed by atoms with van der Waals surface area (Å²) in [6.45, 7) is 2.66. The van der Waals surface area contributed by atoms with Gasteiger partial charge in [-0.05, 0) is 71.7 Å². The van der Waals surface area contributed by atoms with Crippen LogP contribution in [-0.2, 0) is 12.8 Å². The number of rotatable bonds is 11. The largest absolute Gasteiger partial charge is 0.573 e. The van der Waals surface area contributed by atoms with Gasteiger partial charge in [0.2, 0.25) is 0 Å². The first kappa shape index (κ1) is 28.3. The molecule has 0 saturated heterocycles. The molecule has 0 saturated carbocycles. The number of hydrogen-bond acceptors (Lipinski definition) is 2. The molecule has 0 unspecified atom stereocenters. The number of hydrogen-bond donors (Lipinski definition) is 0. The Morgan fingerprint density at radius 3 is 2.28 bits per heavy atom. The van der Waals surface area contributed by atoms with Crippen molar-refractivity contribution in [2.75, 3.05) is 6.61 Å². The highest BCUT2D eigenvalue weighted by atomic mass is 19.4. The zero-order valence-electron chi connectivity index (χ0n) is 21.4. The Kier molecular flexibility index (Phi) is 9.04. The molecular weight excluding hydrogens is 518 g/mol. The van der Waals surface area contributed by atoms with Crippen molar-refractivity contribution in [1.82, 2.24) is 0 Å². The minimum atomic E-state index is -4.99. The Balaban J connectivity index is 1.45. The number of unbranched alkanes of at least 4 members (excludes halogenated alkanes) is 3. The van der Waals surface area contributed by atoms with Crippen molar-refractivity contribution < 1.29 is 35.8 Å². The van der Waals surface area contributed by atoms with Gasteiger partial charge in [0.1, 0.15) is 17.4 Å². The van der Waals surface area contributed by atoms with Crippen LogP contribution in [-0.4, -0.2) is 13.0 Å². The smallest absolute Gasteiger partial charge is 0.493 e. The minimum Gasteiger partial charge on any atom is -0.493 e. The lowest BCUT2D eigenvalue weighted by Crippen LogP contribution is -2.18. The van der Waals surface area contributed by atoms with Gasteiger partial charge in [0, 0.05) is 17.0 Å². The number of ether oxygens (including phenoxy) is 2. The van der Waals surface area contributed by atoms with E-state index in [1.54, 1.807) is 42.5 Å². The zero-order chi connectivity index (χ0) is 28.0. The molecule has 2 nitrogen and oxygen atoms in total. The predicted octanol–water partition coefficient (Wildman–Crippen LogP) is 9.57. The van der Waals surface area contributed by atoms with Gasteiger partial charge >= 0.3 is 6.36 Å². The molecule has 0 aliphatic heterocycles. The van der Waals surface area contributed by atoms with E-state index in [4.69, 9.17) is 4.74 Å². The fraction of sp³-hybridized carbons (Fsp3) is 0.290. The first-order valence-electron chi connectivity index (χ1n) is 12.8. The first-order valence-corrected chi connectivity index (χ1v) is 12.8.